The van der Waals surface area contributed by atoms with Crippen molar-refractivity contribution in [3.8, 4) is 11.5 Å². The van der Waals surface area contributed by atoms with Crippen molar-refractivity contribution in [3.63, 3.8) is 0 Å². The number of halogens is 1. The Morgan fingerprint density at radius 2 is 1.71 bits per heavy atom. The SMILES string of the molecule is COc1ccc(CNC(=S)N(Cc2ccccc2O)c2ccc(F)cc2)cc1. The van der Waals surface area contributed by atoms with Crippen LogP contribution in [-0.4, -0.2) is 17.3 Å². The summed E-state index contributed by atoms with van der Waals surface area (Å²) in [5.41, 5.74) is 2.50. The molecule has 0 saturated heterocycles. The molecule has 0 saturated carbocycles. The largest absolute Gasteiger partial charge is 0.508 e. The zero-order chi connectivity index (χ0) is 19.9. The van der Waals surface area contributed by atoms with E-state index in [4.69, 9.17) is 17.0 Å². The quantitative estimate of drug-likeness (QED) is 0.595. The highest BCUT2D eigenvalue weighted by Gasteiger charge is 2.15. The molecule has 3 aromatic carbocycles. The fourth-order valence-electron chi connectivity index (χ4n) is 2.73. The minimum Gasteiger partial charge on any atom is -0.508 e. The third-order valence-electron chi connectivity index (χ3n) is 4.31. The van der Waals surface area contributed by atoms with Crippen LogP contribution in [0.4, 0.5) is 10.1 Å². The summed E-state index contributed by atoms with van der Waals surface area (Å²) in [5.74, 6) is 0.662. The number of phenols is 1. The molecular formula is C22H21FN2O2S. The van der Waals surface area contributed by atoms with Crippen molar-refractivity contribution in [1.82, 2.24) is 5.32 Å². The van der Waals surface area contributed by atoms with Crippen molar-refractivity contribution >= 4 is 23.0 Å². The Morgan fingerprint density at radius 3 is 2.36 bits per heavy atom. The number of hydrogen-bond acceptors (Lipinski definition) is 3. The van der Waals surface area contributed by atoms with Gasteiger partial charge in [-0.05, 0) is 60.2 Å². The van der Waals surface area contributed by atoms with Crippen LogP contribution in [0.25, 0.3) is 0 Å². The molecule has 0 bridgehead atoms. The molecule has 3 aromatic rings. The Balaban J connectivity index is 1.77. The molecule has 0 aliphatic heterocycles. The number of benzene rings is 3. The van der Waals surface area contributed by atoms with Crippen molar-refractivity contribution in [2.24, 2.45) is 0 Å². The van der Waals surface area contributed by atoms with E-state index in [9.17, 15) is 9.50 Å². The second-order valence-electron chi connectivity index (χ2n) is 6.20. The van der Waals surface area contributed by atoms with Gasteiger partial charge in [-0.15, -0.1) is 0 Å². The van der Waals surface area contributed by atoms with E-state index < -0.39 is 0 Å². The molecule has 0 spiro atoms. The van der Waals surface area contributed by atoms with Gasteiger partial charge in [-0.1, -0.05) is 30.3 Å². The molecule has 3 rings (SSSR count). The highest BCUT2D eigenvalue weighted by atomic mass is 32.1. The van der Waals surface area contributed by atoms with Crippen LogP contribution in [0, 0.1) is 5.82 Å². The van der Waals surface area contributed by atoms with Crippen LogP contribution in [0.2, 0.25) is 0 Å². The first-order chi connectivity index (χ1) is 13.6. The number of nitrogens with zero attached hydrogens (tertiary/aromatic N) is 1. The molecule has 0 radical (unpaired) electrons. The van der Waals surface area contributed by atoms with Gasteiger partial charge >= 0.3 is 0 Å². The number of methoxy groups -OCH3 is 1. The van der Waals surface area contributed by atoms with Crippen LogP contribution in [0.1, 0.15) is 11.1 Å². The third kappa shape index (κ3) is 4.98. The molecule has 0 aliphatic rings. The summed E-state index contributed by atoms with van der Waals surface area (Å²) in [6, 6.07) is 20.9. The van der Waals surface area contributed by atoms with Gasteiger partial charge in [0, 0.05) is 17.8 Å². The Kier molecular flexibility index (Phi) is 6.45. The smallest absolute Gasteiger partial charge is 0.174 e. The Hall–Kier alpha value is -3.12. The fraction of sp³-hybridized carbons (Fsp3) is 0.136. The summed E-state index contributed by atoms with van der Waals surface area (Å²) in [5, 5.41) is 13.8. The molecule has 4 nitrogen and oxygen atoms in total. The highest BCUT2D eigenvalue weighted by Crippen LogP contribution is 2.23. The van der Waals surface area contributed by atoms with Gasteiger partial charge in [-0.3, -0.25) is 0 Å². The maximum Gasteiger partial charge on any atom is 0.174 e. The molecular weight excluding hydrogens is 375 g/mol. The first-order valence-corrected chi connectivity index (χ1v) is 9.18. The summed E-state index contributed by atoms with van der Waals surface area (Å²) in [7, 11) is 1.63. The number of rotatable bonds is 6. The van der Waals surface area contributed by atoms with Crippen molar-refractivity contribution in [2.45, 2.75) is 13.1 Å². The van der Waals surface area contributed by atoms with Gasteiger partial charge in [0.15, 0.2) is 5.11 Å². The standard InChI is InChI=1S/C22H21FN2O2S/c1-27-20-12-6-16(7-13-20)14-24-22(28)25(19-10-8-18(23)9-11-19)15-17-4-2-3-5-21(17)26/h2-13,26H,14-15H2,1H3,(H,24,28). The minimum atomic E-state index is -0.316. The molecule has 0 atom stereocenters. The van der Waals surface area contributed by atoms with E-state index in [2.05, 4.69) is 5.32 Å². The topological polar surface area (TPSA) is 44.7 Å². The molecule has 28 heavy (non-hydrogen) atoms. The van der Waals surface area contributed by atoms with Crippen molar-refractivity contribution in [3.05, 3.63) is 89.7 Å². The van der Waals surface area contributed by atoms with Crippen molar-refractivity contribution in [1.29, 1.82) is 0 Å². The van der Waals surface area contributed by atoms with Crippen LogP contribution < -0.4 is 15.0 Å². The molecule has 0 heterocycles. The van der Waals surface area contributed by atoms with Crippen molar-refractivity contribution in [2.75, 3.05) is 12.0 Å². The minimum absolute atomic E-state index is 0.188. The monoisotopic (exact) mass is 396 g/mol. The van der Waals surface area contributed by atoms with Gasteiger partial charge < -0.3 is 20.1 Å². The van der Waals surface area contributed by atoms with Crippen LogP contribution in [0.15, 0.2) is 72.8 Å². The Bertz CT molecular complexity index is 930. The van der Waals surface area contributed by atoms with E-state index in [0.717, 1.165) is 22.6 Å². The number of anilines is 1. The molecule has 144 valence electrons. The lowest BCUT2D eigenvalue weighted by atomic mass is 10.1. The maximum atomic E-state index is 13.4. The van der Waals surface area contributed by atoms with Crippen LogP contribution >= 0.6 is 12.2 Å². The molecule has 0 fully saturated rings. The summed E-state index contributed by atoms with van der Waals surface area (Å²) in [4.78, 5) is 1.83. The van der Waals surface area contributed by atoms with E-state index in [0.29, 0.717) is 18.2 Å². The van der Waals surface area contributed by atoms with E-state index >= 15 is 0 Å². The van der Waals surface area contributed by atoms with E-state index in [1.54, 1.807) is 31.4 Å². The van der Waals surface area contributed by atoms with E-state index in [1.807, 2.05) is 41.3 Å². The van der Waals surface area contributed by atoms with Crippen molar-refractivity contribution < 1.29 is 14.2 Å². The average Bonchev–Trinajstić information content (AvgIpc) is 2.72. The summed E-state index contributed by atoms with van der Waals surface area (Å²) in [6.45, 7) is 0.883. The number of ether oxygens (including phenoxy) is 1. The predicted octanol–water partition coefficient (Wildman–Crippen LogP) is 4.62. The molecule has 0 aliphatic carbocycles. The Morgan fingerprint density at radius 1 is 1.04 bits per heavy atom. The zero-order valence-corrected chi connectivity index (χ0v) is 16.2. The van der Waals surface area contributed by atoms with E-state index in [1.165, 1.54) is 12.1 Å². The first kappa shape index (κ1) is 19.6. The van der Waals surface area contributed by atoms with Crippen LogP contribution in [0.3, 0.4) is 0 Å². The molecule has 0 unspecified atom stereocenters. The van der Waals surface area contributed by atoms with Crippen LogP contribution in [-0.2, 0) is 13.1 Å². The lowest BCUT2D eigenvalue weighted by molar-refractivity contribution is 0.414. The molecule has 0 aromatic heterocycles. The van der Waals surface area contributed by atoms with Gasteiger partial charge in [0.2, 0.25) is 0 Å². The normalized spacial score (nSPS) is 10.4. The molecule has 6 heteroatoms. The third-order valence-corrected chi connectivity index (χ3v) is 4.67. The number of aromatic hydroxyl groups is 1. The number of hydrogen-bond donors (Lipinski definition) is 2. The molecule has 0 amide bonds. The van der Waals surface area contributed by atoms with Crippen LogP contribution in [0.5, 0.6) is 11.5 Å². The van der Waals surface area contributed by atoms with Gasteiger partial charge in [0.1, 0.15) is 17.3 Å². The molecule has 2 N–H and O–H groups in total. The van der Waals surface area contributed by atoms with Gasteiger partial charge in [-0.2, -0.15) is 0 Å². The van der Waals surface area contributed by atoms with Gasteiger partial charge in [0.25, 0.3) is 0 Å². The second kappa shape index (κ2) is 9.19. The fourth-order valence-corrected chi connectivity index (χ4v) is 2.97. The number of phenolic OH excluding ortho intramolecular Hbond substituents is 1. The zero-order valence-electron chi connectivity index (χ0n) is 15.4. The summed E-state index contributed by atoms with van der Waals surface area (Å²) >= 11 is 5.60. The van der Waals surface area contributed by atoms with E-state index in [-0.39, 0.29) is 11.6 Å². The lowest BCUT2D eigenvalue weighted by Gasteiger charge is -2.26. The summed E-state index contributed by atoms with van der Waals surface area (Å²) in [6.07, 6.45) is 0. The summed E-state index contributed by atoms with van der Waals surface area (Å²) < 4.78 is 18.5. The first-order valence-electron chi connectivity index (χ1n) is 8.77. The lowest BCUT2D eigenvalue weighted by Crippen LogP contribution is -2.39. The van der Waals surface area contributed by atoms with Gasteiger partial charge in [0.05, 0.1) is 13.7 Å². The number of para-hydroxylation sites is 1. The van der Waals surface area contributed by atoms with Gasteiger partial charge in [-0.25, -0.2) is 4.39 Å². The Labute approximate surface area is 169 Å². The second-order valence-corrected chi connectivity index (χ2v) is 6.58. The maximum absolute atomic E-state index is 13.4. The predicted molar refractivity (Wildman–Crippen MR) is 113 cm³/mol. The average molecular weight is 396 g/mol. The highest BCUT2D eigenvalue weighted by molar-refractivity contribution is 7.80. The number of thiocarbonyl (C=S) groups is 1. The number of nitrogens with one attached hydrogen (secondary N) is 1.